The molecule has 0 amide bonds. The van der Waals surface area contributed by atoms with E-state index < -0.39 is 5.82 Å². The van der Waals surface area contributed by atoms with Crippen molar-refractivity contribution < 1.29 is 4.39 Å². The molecule has 4 nitrogen and oxygen atoms in total. The molecule has 0 unspecified atom stereocenters. The zero-order chi connectivity index (χ0) is 12.4. The lowest BCUT2D eigenvalue weighted by molar-refractivity contribution is 0.620. The zero-order valence-electron chi connectivity index (χ0n) is 9.04. The molecule has 0 radical (unpaired) electrons. The first-order valence-electron chi connectivity index (χ1n) is 4.88. The van der Waals surface area contributed by atoms with E-state index in [0.29, 0.717) is 10.7 Å². The van der Waals surface area contributed by atoms with Crippen LogP contribution in [0.15, 0.2) is 24.4 Å². The molecule has 17 heavy (non-hydrogen) atoms. The molecule has 6 heteroatoms. The van der Waals surface area contributed by atoms with Crippen molar-refractivity contribution in [3.05, 3.63) is 40.8 Å². The SMILES string of the molecule is Cc1cccc(Nc2nc(N)ncc2F)c1Cl. The molecule has 0 atom stereocenters. The van der Waals surface area contributed by atoms with Crippen molar-refractivity contribution in [2.45, 2.75) is 6.92 Å². The number of nitrogens with one attached hydrogen (secondary N) is 1. The molecule has 0 saturated heterocycles. The predicted octanol–water partition coefficient (Wildman–Crippen LogP) is 2.90. The molecule has 1 aromatic heterocycles. The highest BCUT2D eigenvalue weighted by Crippen LogP contribution is 2.28. The fraction of sp³-hybridized carbons (Fsp3) is 0.0909. The number of nitrogens with two attached hydrogens (primary N) is 1. The number of aromatic nitrogens is 2. The largest absolute Gasteiger partial charge is 0.368 e. The van der Waals surface area contributed by atoms with Gasteiger partial charge in [-0.1, -0.05) is 23.7 Å². The lowest BCUT2D eigenvalue weighted by atomic mass is 10.2. The molecule has 0 spiro atoms. The standard InChI is InChI=1S/C11H10ClFN4/c1-6-3-2-4-8(9(6)12)16-10-7(13)5-15-11(14)17-10/h2-5H,1H3,(H3,14,15,16,17). The first kappa shape index (κ1) is 11.6. The third-order valence-corrected chi connectivity index (χ3v) is 2.71. The average Bonchev–Trinajstić information content (AvgIpc) is 2.30. The van der Waals surface area contributed by atoms with E-state index in [1.807, 2.05) is 19.1 Å². The Morgan fingerprint density at radius 3 is 2.94 bits per heavy atom. The second-order valence-electron chi connectivity index (χ2n) is 3.49. The molecule has 0 aliphatic rings. The highest BCUT2D eigenvalue weighted by Gasteiger charge is 2.08. The normalized spacial score (nSPS) is 10.3. The third-order valence-electron chi connectivity index (χ3n) is 2.21. The van der Waals surface area contributed by atoms with E-state index in [0.717, 1.165) is 11.8 Å². The van der Waals surface area contributed by atoms with Crippen LogP contribution >= 0.6 is 11.6 Å². The average molecular weight is 253 g/mol. The summed E-state index contributed by atoms with van der Waals surface area (Å²) in [4.78, 5) is 7.30. The van der Waals surface area contributed by atoms with Crippen molar-refractivity contribution in [1.29, 1.82) is 0 Å². The molecule has 2 aromatic rings. The van der Waals surface area contributed by atoms with E-state index in [4.69, 9.17) is 17.3 Å². The van der Waals surface area contributed by atoms with Crippen molar-refractivity contribution in [2.75, 3.05) is 11.1 Å². The monoisotopic (exact) mass is 252 g/mol. The summed E-state index contributed by atoms with van der Waals surface area (Å²) in [6.07, 6.45) is 1.01. The molecule has 0 aliphatic heterocycles. The summed E-state index contributed by atoms with van der Waals surface area (Å²) >= 11 is 6.08. The molecule has 1 aromatic carbocycles. The Morgan fingerprint density at radius 1 is 1.41 bits per heavy atom. The van der Waals surface area contributed by atoms with Gasteiger partial charge in [0.25, 0.3) is 0 Å². The van der Waals surface area contributed by atoms with Crippen molar-refractivity contribution in [3.63, 3.8) is 0 Å². The van der Waals surface area contributed by atoms with Crippen molar-refractivity contribution in [3.8, 4) is 0 Å². The van der Waals surface area contributed by atoms with Crippen LogP contribution < -0.4 is 11.1 Å². The number of benzene rings is 1. The first-order chi connectivity index (χ1) is 8.08. The van der Waals surface area contributed by atoms with Gasteiger partial charge >= 0.3 is 0 Å². The summed E-state index contributed by atoms with van der Waals surface area (Å²) < 4.78 is 13.4. The van der Waals surface area contributed by atoms with Crippen LogP contribution in [-0.2, 0) is 0 Å². The van der Waals surface area contributed by atoms with Crippen LogP contribution in [0.5, 0.6) is 0 Å². The number of hydrogen-bond donors (Lipinski definition) is 2. The minimum atomic E-state index is -0.586. The molecule has 0 aliphatic carbocycles. The van der Waals surface area contributed by atoms with E-state index in [1.165, 1.54) is 0 Å². The fourth-order valence-electron chi connectivity index (χ4n) is 1.34. The summed E-state index contributed by atoms with van der Waals surface area (Å²) in [5.74, 6) is -0.584. The van der Waals surface area contributed by atoms with Gasteiger partial charge in [-0.2, -0.15) is 4.98 Å². The Hall–Kier alpha value is -1.88. The minimum absolute atomic E-state index is 0.00215. The number of nitrogens with zero attached hydrogens (tertiary/aromatic N) is 2. The molecular weight excluding hydrogens is 243 g/mol. The smallest absolute Gasteiger partial charge is 0.222 e. The highest BCUT2D eigenvalue weighted by atomic mass is 35.5. The second-order valence-corrected chi connectivity index (χ2v) is 3.86. The van der Waals surface area contributed by atoms with Gasteiger partial charge in [-0.3, -0.25) is 0 Å². The summed E-state index contributed by atoms with van der Waals surface area (Å²) in [5, 5.41) is 3.30. The highest BCUT2D eigenvalue weighted by molar-refractivity contribution is 6.34. The maximum atomic E-state index is 13.4. The van der Waals surface area contributed by atoms with Crippen LogP contribution in [0.2, 0.25) is 5.02 Å². The predicted molar refractivity (Wildman–Crippen MR) is 65.9 cm³/mol. The van der Waals surface area contributed by atoms with Crippen molar-refractivity contribution in [1.82, 2.24) is 9.97 Å². The number of halogens is 2. The maximum Gasteiger partial charge on any atom is 0.222 e. The Bertz CT molecular complexity index is 559. The van der Waals surface area contributed by atoms with Crippen LogP contribution in [0.3, 0.4) is 0 Å². The van der Waals surface area contributed by atoms with Crippen LogP contribution in [0, 0.1) is 12.7 Å². The summed E-state index contributed by atoms with van der Waals surface area (Å²) in [6.45, 7) is 1.86. The second kappa shape index (κ2) is 4.55. The van der Waals surface area contributed by atoms with Gasteiger partial charge in [-0.25, -0.2) is 9.37 Å². The van der Waals surface area contributed by atoms with E-state index in [1.54, 1.807) is 6.07 Å². The van der Waals surface area contributed by atoms with Gasteiger partial charge in [0.05, 0.1) is 16.9 Å². The van der Waals surface area contributed by atoms with Gasteiger partial charge in [0, 0.05) is 0 Å². The number of hydrogen-bond acceptors (Lipinski definition) is 4. The van der Waals surface area contributed by atoms with Crippen LogP contribution in [0.4, 0.5) is 21.8 Å². The van der Waals surface area contributed by atoms with Crippen molar-refractivity contribution >= 4 is 29.1 Å². The molecule has 2 rings (SSSR count). The van der Waals surface area contributed by atoms with E-state index in [-0.39, 0.29) is 11.8 Å². The Kier molecular flexibility index (Phi) is 3.10. The van der Waals surface area contributed by atoms with E-state index >= 15 is 0 Å². The van der Waals surface area contributed by atoms with Crippen molar-refractivity contribution in [2.24, 2.45) is 0 Å². The minimum Gasteiger partial charge on any atom is -0.368 e. The molecule has 3 N–H and O–H groups in total. The van der Waals surface area contributed by atoms with Crippen LogP contribution in [0.25, 0.3) is 0 Å². The van der Waals surface area contributed by atoms with E-state index in [2.05, 4.69) is 15.3 Å². The third kappa shape index (κ3) is 2.45. The molecule has 88 valence electrons. The van der Waals surface area contributed by atoms with Crippen LogP contribution in [-0.4, -0.2) is 9.97 Å². The van der Waals surface area contributed by atoms with Gasteiger partial charge in [-0.05, 0) is 18.6 Å². The van der Waals surface area contributed by atoms with Gasteiger partial charge in [0.1, 0.15) is 0 Å². The number of aryl methyl sites for hydroxylation is 1. The topological polar surface area (TPSA) is 63.8 Å². The summed E-state index contributed by atoms with van der Waals surface area (Å²) in [6, 6.07) is 5.40. The molecule has 1 heterocycles. The Labute approximate surface area is 103 Å². The summed E-state index contributed by atoms with van der Waals surface area (Å²) in [7, 11) is 0. The molecule has 0 saturated carbocycles. The number of anilines is 3. The fourth-order valence-corrected chi connectivity index (χ4v) is 1.51. The quantitative estimate of drug-likeness (QED) is 0.863. The van der Waals surface area contributed by atoms with Crippen LogP contribution in [0.1, 0.15) is 5.56 Å². The zero-order valence-corrected chi connectivity index (χ0v) is 9.79. The Morgan fingerprint density at radius 2 is 2.18 bits per heavy atom. The summed E-state index contributed by atoms with van der Waals surface area (Å²) in [5.41, 5.74) is 6.85. The van der Waals surface area contributed by atoms with Gasteiger partial charge in [0.15, 0.2) is 11.6 Å². The van der Waals surface area contributed by atoms with Gasteiger partial charge in [-0.15, -0.1) is 0 Å². The molecular formula is C11H10ClFN4. The van der Waals surface area contributed by atoms with E-state index in [9.17, 15) is 4.39 Å². The first-order valence-corrected chi connectivity index (χ1v) is 5.26. The lowest BCUT2D eigenvalue weighted by Crippen LogP contribution is -2.03. The maximum absolute atomic E-state index is 13.4. The number of rotatable bonds is 2. The number of nitrogen functional groups attached to an aromatic ring is 1. The van der Waals surface area contributed by atoms with Gasteiger partial charge < -0.3 is 11.1 Å². The molecule has 0 fully saturated rings. The molecule has 0 bridgehead atoms. The Balaban J connectivity index is 2.38. The lowest BCUT2D eigenvalue weighted by Gasteiger charge is -2.09. The van der Waals surface area contributed by atoms with Gasteiger partial charge in [0.2, 0.25) is 5.95 Å².